The Bertz CT molecular complexity index is 728. The average molecular weight is 392 g/mol. The van der Waals surface area contributed by atoms with Gasteiger partial charge in [-0.2, -0.15) is 0 Å². The lowest BCUT2D eigenvalue weighted by atomic mass is 10.0. The lowest BCUT2D eigenvalue weighted by molar-refractivity contribution is -0.122. The maximum absolute atomic E-state index is 12.6. The first kappa shape index (κ1) is 20.5. The van der Waals surface area contributed by atoms with E-state index in [2.05, 4.69) is 6.58 Å². The van der Waals surface area contributed by atoms with Crippen LogP contribution in [0.4, 0.5) is 0 Å². The van der Waals surface area contributed by atoms with E-state index in [0.29, 0.717) is 41.2 Å². The maximum Gasteiger partial charge on any atom is 0.266 e. The van der Waals surface area contributed by atoms with Gasteiger partial charge in [-0.05, 0) is 50.5 Å². The van der Waals surface area contributed by atoms with Crippen molar-refractivity contribution in [1.82, 2.24) is 4.90 Å². The van der Waals surface area contributed by atoms with E-state index in [1.807, 2.05) is 45.1 Å². The highest BCUT2D eigenvalue weighted by Gasteiger charge is 2.31. The predicted molar refractivity (Wildman–Crippen MR) is 113 cm³/mol. The Kier molecular flexibility index (Phi) is 7.72. The van der Waals surface area contributed by atoms with Crippen molar-refractivity contribution in [2.45, 2.75) is 33.6 Å². The first-order chi connectivity index (χ1) is 12.5. The summed E-state index contributed by atoms with van der Waals surface area (Å²) in [5.41, 5.74) is 1.88. The summed E-state index contributed by atoms with van der Waals surface area (Å²) in [6.45, 7) is 11.5. The number of carbonyl (C=O) groups excluding carboxylic acids is 1. The van der Waals surface area contributed by atoms with Crippen molar-refractivity contribution >= 4 is 40.3 Å². The molecule has 1 saturated heterocycles. The van der Waals surface area contributed by atoms with Crippen molar-refractivity contribution in [3.8, 4) is 11.5 Å². The quantitative estimate of drug-likeness (QED) is 0.343. The predicted octanol–water partition coefficient (Wildman–Crippen LogP) is 4.82. The van der Waals surface area contributed by atoms with Crippen LogP contribution in [0.2, 0.25) is 0 Å². The first-order valence-electron chi connectivity index (χ1n) is 8.84. The van der Waals surface area contributed by atoms with Crippen LogP contribution in [0, 0.1) is 0 Å². The zero-order valence-corrected chi connectivity index (χ0v) is 17.2. The van der Waals surface area contributed by atoms with Gasteiger partial charge in [0.25, 0.3) is 5.91 Å². The SMILES string of the molecule is C=CCc1cc(/C=C2\SC(=S)N(CCC)C2=O)cc(OCC)c1OCC. The summed E-state index contributed by atoms with van der Waals surface area (Å²) in [5.74, 6) is 1.40. The van der Waals surface area contributed by atoms with Crippen molar-refractivity contribution < 1.29 is 14.3 Å². The van der Waals surface area contributed by atoms with Crippen LogP contribution in [0.25, 0.3) is 6.08 Å². The molecule has 1 aromatic carbocycles. The largest absolute Gasteiger partial charge is 0.490 e. The second-order valence-electron chi connectivity index (χ2n) is 5.70. The fourth-order valence-electron chi connectivity index (χ4n) is 2.71. The number of carbonyl (C=O) groups is 1. The fraction of sp³-hybridized carbons (Fsp3) is 0.400. The van der Waals surface area contributed by atoms with Crippen LogP contribution >= 0.6 is 24.0 Å². The molecule has 0 N–H and O–H groups in total. The minimum atomic E-state index is -0.0287. The lowest BCUT2D eigenvalue weighted by Gasteiger charge is -2.16. The van der Waals surface area contributed by atoms with Gasteiger partial charge >= 0.3 is 0 Å². The van der Waals surface area contributed by atoms with Crippen LogP contribution in [-0.4, -0.2) is 34.9 Å². The minimum absolute atomic E-state index is 0.0287. The normalized spacial score (nSPS) is 15.7. The van der Waals surface area contributed by atoms with E-state index >= 15 is 0 Å². The number of thioether (sulfide) groups is 1. The van der Waals surface area contributed by atoms with Gasteiger partial charge in [-0.3, -0.25) is 9.69 Å². The Hall–Kier alpha value is -1.79. The van der Waals surface area contributed by atoms with E-state index < -0.39 is 0 Å². The summed E-state index contributed by atoms with van der Waals surface area (Å²) >= 11 is 6.68. The molecule has 1 aromatic rings. The molecule has 0 radical (unpaired) electrons. The van der Waals surface area contributed by atoms with Crippen LogP contribution in [0.1, 0.15) is 38.3 Å². The molecule has 0 atom stereocenters. The van der Waals surface area contributed by atoms with Crippen LogP contribution in [0.5, 0.6) is 11.5 Å². The number of hydrogen-bond acceptors (Lipinski definition) is 5. The Labute approximate surface area is 165 Å². The van der Waals surface area contributed by atoms with Crippen molar-refractivity contribution in [3.63, 3.8) is 0 Å². The topological polar surface area (TPSA) is 38.8 Å². The van der Waals surface area contributed by atoms with Crippen molar-refractivity contribution in [3.05, 3.63) is 40.8 Å². The van der Waals surface area contributed by atoms with Crippen LogP contribution in [-0.2, 0) is 11.2 Å². The fourth-order valence-corrected chi connectivity index (χ4v) is 4.02. The summed E-state index contributed by atoms with van der Waals surface area (Å²) < 4.78 is 12.2. The van der Waals surface area contributed by atoms with Gasteiger partial charge in [-0.25, -0.2) is 0 Å². The molecule has 0 aromatic heterocycles. The zero-order chi connectivity index (χ0) is 19.1. The molecule has 26 heavy (non-hydrogen) atoms. The van der Waals surface area contributed by atoms with E-state index in [1.165, 1.54) is 11.8 Å². The summed E-state index contributed by atoms with van der Waals surface area (Å²) in [5, 5.41) is 0. The van der Waals surface area contributed by atoms with Crippen LogP contribution < -0.4 is 9.47 Å². The minimum Gasteiger partial charge on any atom is -0.490 e. The lowest BCUT2D eigenvalue weighted by Crippen LogP contribution is -2.28. The van der Waals surface area contributed by atoms with Gasteiger partial charge in [0.2, 0.25) is 0 Å². The molecule has 1 fully saturated rings. The highest BCUT2D eigenvalue weighted by molar-refractivity contribution is 8.26. The van der Waals surface area contributed by atoms with Gasteiger partial charge < -0.3 is 9.47 Å². The van der Waals surface area contributed by atoms with Gasteiger partial charge in [0, 0.05) is 12.1 Å². The molecule has 0 saturated carbocycles. The number of nitrogens with zero attached hydrogens (tertiary/aromatic N) is 1. The highest BCUT2D eigenvalue weighted by Crippen LogP contribution is 2.37. The van der Waals surface area contributed by atoms with Crippen LogP contribution in [0.3, 0.4) is 0 Å². The van der Waals surface area contributed by atoms with E-state index in [1.54, 1.807) is 4.90 Å². The molecule has 0 aliphatic carbocycles. The van der Waals surface area contributed by atoms with Crippen molar-refractivity contribution in [2.75, 3.05) is 19.8 Å². The number of benzene rings is 1. The summed E-state index contributed by atoms with van der Waals surface area (Å²) in [7, 11) is 0. The summed E-state index contributed by atoms with van der Waals surface area (Å²) in [6.07, 6.45) is 5.24. The van der Waals surface area contributed by atoms with Crippen LogP contribution in [0.15, 0.2) is 29.7 Å². The second-order valence-corrected chi connectivity index (χ2v) is 7.38. The smallest absolute Gasteiger partial charge is 0.266 e. The molecule has 0 unspecified atom stereocenters. The Morgan fingerprint density at radius 3 is 2.58 bits per heavy atom. The summed E-state index contributed by atoms with van der Waals surface area (Å²) in [4.78, 5) is 14.9. The van der Waals surface area contributed by atoms with Gasteiger partial charge in [-0.15, -0.1) is 6.58 Å². The van der Waals surface area contributed by atoms with Gasteiger partial charge in [0.1, 0.15) is 4.32 Å². The van der Waals surface area contributed by atoms with Gasteiger partial charge in [0.05, 0.1) is 18.1 Å². The molecule has 0 spiro atoms. The number of allylic oxidation sites excluding steroid dienone is 1. The average Bonchev–Trinajstić information content (AvgIpc) is 2.86. The molecule has 2 rings (SSSR count). The molecule has 1 aliphatic heterocycles. The Morgan fingerprint density at radius 1 is 1.23 bits per heavy atom. The van der Waals surface area contributed by atoms with E-state index in [0.717, 1.165) is 23.3 Å². The standard InChI is InChI=1S/C20H25NO3S2/c1-5-9-15-11-14(12-16(23-7-3)18(15)24-8-4)13-17-19(22)21(10-6-2)20(25)26-17/h5,11-13H,1,6-10H2,2-4H3/b17-13-. The first-order valence-corrected chi connectivity index (χ1v) is 10.1. The highest BCUT2D eigenvalue weighted by atomic mass is 32.2. The third kappa shape index (κ3) is 4.68. The second kappa shape index (κ2) is 9.78. The monoisotopic (exact) mass is 391 g/mol. The third-order valence-corrected chi connectivity index (χ3v) is 5.10. The molecule has 1 amide bonds. The summed E-state index contributed by atoms with van der Waals surface area (Å²) in [6, 6.07) is 3.93. The van der Waals surface area contributed by atoms with E-state index in [9.17, 15) is 4.79 Å². The number of rotatable bonds is 9. The molecule has 0 bridgehead atoms. The maximum atomic E-state index is 12.6. The number of thiocarbonyl (C=S) groups is 1. The Balaban J connectivity index is 2.44. The molecular formula is C20H25NO3S2. The van der Waals surface area contributed by atoms with Gasteiger partial charge in [0.15, 0.2) is 11.5 Å². The number of ether oxygens (including phenoxy) is 2. The van der Waals surface area contributed by atoms with E-state index in [4.69, 9.17) is 21.7 Å². The molecule has 140 valence electrons. The molecule has 1 heterocycles. The molecule has 1 aliphatic rings. The number of amides is 1. The molecular weight excluding hydrogens is 366 g/mol. The van der Waals surface area contributed by atoms with Crippen molar-refractivity contribution in [2.24, 2.45) is 0 Å². The van der Waals surface area contributed by atoms with Gasteiger partial charge in [-0.1, -0.05) is 37.0 Å². The van der Waals surface area contributed by atoms with Crippen molar-refractivity contribution in [1.29, 1.82) is 0 Å². The molecule has 4 nitrogen and oxygen atoms in total. The zero-order valence-electron chi connectivity index (χ0n) is 15.5. The number of hydrogen-bond donors (Lipinski definition) is 0. The molecule has 6 heteroatoms. The van der Waals surface area contributed by atoms with E-state index in [-0.39, 0.29) is 5.91 Å². The Morgan fingerprint density at radius 2 is 1.96 bits per heavy atom. The third-order valence-electron chi connectivity index (χ3n) is 3.73.